The number of nitrogens with one attached hydrogen (secondary N) is 2. The first-order valence-corrected chi connectivity index (χ1v) is 6.72. The van der Waals surface area contributed by atoms with Crippen LogP contribution < -0.4 is 5.32 Å². The van der Waals surface area contributed by atoms with Crippen molar-refractivity contribution < 1.29 is 4.79 Å². The van der Waals surface area contributed by atoms with Crippen molar-refractivity contribution in [2.75, 3.05) is 5.32 Å². The lowest BCUT2D eigenvalue weighted by Crippen LogP contribution is -2.11. The van der Waals surface area contributed by atoms with E-state index in [1.807, 2.05) is 12.1 Å². The van der Waals surface area contributed by atoms with Gasteiger partial charge in [0.05, 0.1) is 0 Å². The quantitative estimate of drug-likeness (QED) is 0.706. The fraction of sp³-hybridized carbons (Fsp3) is 0. The van der Waals surface area contributed by atoms with Crippen molar-refractivity contribution in [2.24, 2.45) is 0 Å². The van der Waals surface area contributed by atoms with Crippen molar-refractivity contribution in [3.8, 4) is 0 Å². The van der Waals surface area contributed by atoms with Gasteiger partial charge in [0.1, 0.15) is 5.69 Å². The standard InChI is InChI=1S/C15H10Cl2N2O/c16-10-1-4-12(5-2-10)18-15(20)14-8-9-7-11(17)3-6-13(9)19-14/h1-8,19H,(H,18,20). The Bertz CT molecular complexity index is 778. The molecule has 0 bridgehead atoms. The van der Waals surface area contributed by atoms with Crippen LogP contribution in [0.5, 0.6) is 0 Å². The summed E-state index contributed by atoms with van der Waals surface area (Å²) in [4.78, 5) is 15.2. The van der Waals surface area contributed by atoms with Crippen molar-refractivity contribution in [2.45, 2.75) is 0 Å². The number of fused-ring (bicyclic) bond motifs is 1. The summed E-state index contributed by atoms with van der Waals surface area (Å²) in [5.41, 5.74) is 2.05. The lowest BCUT2D eigenvalue weighted by Gasteiger charge is -2.03. The van der Waals surface area contributed by atoms with Crippen molar-refractivity contribution in [1.82, 2.24) is 4.98 Å². The lowest BCUT2D eigenvalue weighted by atomic mass is 10.2. The largest absolute Gasteiger partial charge is 0.351 e. The van der Waals surface area contributed by atoms with Crippen LogP contribution in [-0.2, 0) is 0 Å². The predicted molar refractivity (Wildman–Crippen MR) is 82.7 cm³/mol. The van der Waals surface area contributed by atoms with Gasteiger partial charge < -0.3 is 10.3 Å². The van der Waals surface area contributed by atoms with E-state index in [1.165, 1.54) is 0 Å². The van der Waals surface area contributed by atoms with Gasteiger partial charge in [0, 0.05) is 26.6 Å². The summed E-state index contributed by atoms with van der Waals surface area (Å²) in [6, 6.07) is 14.2. The molecule has 0 aliphatic carbocycles. The molecule has 3 nitrogen and oxygen atoms in total. The number of rotatable bonds is 2. The maximum absolute atomic E-state index is 12.1. The number of carbonyl (C=O) groups is 1. The molecule has 2 N–H and O–H groups in total. The van der Waals surface area contributed by atoms with Crippen LogP contribution >= 0.6 is 23.2 Å². The Morgan fingerprint density at radius 2 is 1.65 bits per heavy atom. The predicted octanol–water partition coefficient (Wildman–Crippen LogP) is 4.73. The molecule has 1 heterocycles. The van der Waals surface area contributed by atoms with Gasteiger partial charge in [0.25, 0.3) is 5.91 Å². The number of benzene rings is 2. The van der Waals surface area contributed by atoms with Gasteiger partial charge in [-0.05, 0) is 48.5 Å². The fourth-order valence-electron chi connectivity index (χ4n) is 1.96. The van der Waals surface area contributed by atoms with Gasteiger partial charge in [-0.2, -0.15) is 0 Å². The minimum Gasteiger partial charge on any atom is -0.351 e. The Kier molecular flexibility index (Phi) is 3.38. The molecule has 3 aromatic rings. The number of aromatic amines is 1. The molecule has 0 saturated heterocycles. The molecule has 20 heavy (non-hydrogen) atoms. The minimum absolute atomic E-state index is 0.209. The normalized spacial score (nSPS) is 10.7. The molecule has 1 aromatic heterocycles. The van der Waals surface area contributed by atoms with E-state index in [0.717, 1.165) is 10.9 Å². The highest BCUT2D eigenvalue weighted by Gasteiger charge is 2.10. The first kappa shape index (κ1) is 13.0. The molecule has 3 rings (SSSR count). The molecule has 2 aromatic carbocycles. The minimum atomic E-state index is -0.209. The van der Waals surface area contributed by atoms with Gasteiger partial charge >= 0.3 is 0 Å². The van der Waals surface area contributed by atoms with E-state index >= 15 is 0 Å². The maximum atomic E-state index is 12.1. The second kappa shape index (κ2) is 5.19. The van der Waals surface area contributed by atoms with Crippen molar-refractivity contribution in [3.05, 3.63) is 64.3 Å². The van der Waals surface area contributed by atoms with Gasteiger partial charge in [-0.25, -0.2) is 0 Å². The third-order valence-electron chi connectivity index (χ3n) is 2.93. The van der Waals surface area contributed by atoms with E-state index in [2.05, 4.69) is 10.3 Å². The summed E-state index contributed by atoms with van der Waals surface area (Å²) in [5, 5.41) is 4.97. The van der Waals surface area contributed by atoms with E-state index in [9.17, 15) is 4.79 Å². The summed E-state index contributed by atoms with van der Waals surface area (Å²) < 4.78 is 0. The third-order valence-corrected chi connectivity index (χ3v) is 3.42. The van der Waals surface area contributed by atoms with Crippen LogP contribution in [0.3, 0.4) is 0 Å². The Morgan fingerprint density at radius 1 is 0.950 bits per heavy atom. The summed E-state index contributed by atoms with van der Waals surface area (Å²) >= 11 is 11.7. The van der Waals surface area contributed by atoms with Crippen molar-refractivity contribution in [1.29, 1.82) is 0 Å². The molecule has 1 amide bonds. The second-order valence-corrected chi connectivity index (χ2v) is 5.25. The number of carbonyl (C=O) groups excluding carboxylic acids is 1. The number of halogens is 2. The second-order valence-electron chi connectivity index (χ2n) is 4.38. The molecule has 0 aliphatic heterocycles. The van der Waals surface area contributed by atoms with Crippen LogP contribution in [0.25, 0.3) is 10.9 Å². The lowest BCUT2D eigenvalue weighted by molar-refractivity contribution is 0.102. The summed E-state index contributed by atoms with van der Waals surface area (Å²) in [5.74, 6) is -0.209. The van der Waals surface area contributed by atoms with E-state index in [-0.39, 0.29) is 5.91 Å². The van der Waals surface area contributed by atoms with Crippen molar-refractivity contribution in [3.63, 3.8) is 0 Å². The Morgan fingerprint density at radius 3 is 2.40 bits per heavy atom. The highest BCUT2D eigenvalue weighted by Crippen LogP contribution is 2.21. The highest BCUT2D eigenvalue weighted by atomic mass is 35.5. The molecule has 0 unspecified atom stereocenters. The number of H-pyrrole nitrogens is 1. The first-order chi connectivity index (χ1) is 9.61. The topological polar surface area (TPSA) is 44.9 Å². The molecule has 0 saturated carbocycles. The number of anilines is 1. The third kappa shape index (κ3) is 2.64. The zero-order valence-corrected chi connectivity index (χ0v) is 11.8. The fourth-order valence-corrected chi connectivity index (χ4v) is 2.26. The first-order valence-electron chi connectivity index (χ1n) is 5.97. The maximum Gasteiger partial charge on any atom is 0.272 e. The molecule has 0 spiro atoms. The number of hydrogen-bond donors (Lipinski definition) is 2. The van der Waals surface area contributed by atoms with Crippen LogP contribution in [0, 0.1) is 0 Å². The zero-order valence-electron chi connectivity index (χ0n) is 10.3. The van der Waals surface area contributed by atoms with Crippen LogP contribution in [0.15, 0.2) is 48.5 Å². The van der Waals surface area contributed by atoms with Crippen LogP contribution in [0.2, 0.25) is 10.0 Å². The number of hydrogen-bond acceptors (Lipinski definition) is 1. The van der Waals surface area contributed by atoms with E-state index in [1.54, 1.807) is 36.4 Å². The molecular weight excluding hydrogens is 295 g/mol. The Labute approximate surface area is 125 Å². The van der Waals surface area contributed by atoms with E-state index in [0.29, 0.717) is 21.4 Å². The van der Waals surface area contributed by atoms with Gasteiger partial charge in [-0.3, -0.25) is 4.79 Å². The zero-order chi connectivity index (χ0) is 14.1. The molecule has 0 aliphatic rings. The summed E-state index contributed by atoms with van der Waals surface area (Å²) in [6.45, 7) is 0. The van der Waals surface area contributed by atoms with E-state index in [4.69, 9.17) is 23.2 Å². The van der Waals surface area contributed by atoms with Gasteiger partial charge in [-0.15, -0.1) is 0 Å². The van der Waals surface area contributed by atoms with Crippen molar-refractivity contribution >= 4 is 45.7 Å². The SMILES string of the molecule is O=C(Nc1ccc(Cl)cc1)c1cc2cc(Cl)ccc2[nH]1. The van der Waals surface area contributed by atoms with Crippen LogP contribution in [0.4, 0.5) is 5.69 Å². The van der Waals surface area contributed by atoms with E-state index < -0.39 is 0 Å². The molecule has 5 heteroatoms. The Hall–Kier alpha value is -1.97. The Balaban J connectivity index is 1.86. The summed E-state index contributed by atoms with van der Waals surface area (Å²) in [7, 11) is 0. The molecular formula is C15H10Cl2N2O. The average molecular weight is 305 g/mol. The average Bonchev–Trinajstić information content (AvgIpc) is 2.84. The molecule has 0 atom stereocenters. The number of amides is 1. The van der Waals surface area contributed by atoms with Gasteiger partial charge in [-0.1, -0.05) is 23.2 Å². The molecule has 0 radical (unpaired) electrons. The van der Waals surface area contributed by atoms with Crippen LogP contribution in [0.1, 0.15) is 10.5 Å². The number of aromatic nitrogens is 1. The van der Waals surface area contributed by atoms with Crippen LogP contribution in [-0.4, -0.2) is 10.9 Å². The van der Waals surface area contributed by atoms with Gasteiger partial charge in [0.15, 0.2) is 0 Å². The van der Waals surface area contributed by atoms with Gasteiger partial charge in [0.2, 0.25) is 0 Å². The summed E-state index contributed by atoms with van der Waals surface area (Å²) in [6.07, 6.45) is 0. The molecule has 100 valence electrons. The monoisotopic (exact) mass is 304 g/mol. The highest BCUT2D eigenvalue weighted by molar-refractivity contribution is 6.31. The molecule has 0 fully saturated rings. The smallest absolute Gasteiger partial charge is 0.272 e.